The van der Waals surface area contributed by atoms with Crippen LogP contribution in [0.4, 0.5) is 22.9 Å². The maximum atomic E-state index is 13.5. The highest BCUT2D eigenvalue weighted by molar-refractivity contribution is 6.16. The van der Waals surface area contributed by atoms with Crippen molar-refractivity contribution in [2.24, 2.45) is 10.2 Å². The lowest BCUT2D eigenvalue weighted by molar-refractivity contribution is 0.102. The standard InChI is InChI=1S/C29H18N8O2/c1-30-24-17-33-37(29-31-13-6-14-32-29)27(24)36-35-23-16-20-9-4-5-10-22(20)25(26(23)38)28(39)34-21-12-11-18-7-2-3-8-19(18)15-21/h2-17,38H,(H,34,39)/b36-35+. The molecule has 0 saturated carbocycles. The summed E-state index contributed by atoms with van der Waals surface area (Å²) in [5.74, 6) is -0.548. The molecule has 39 heavy (non-hydrogen) atoms. The van der Waals surface area contributed by atoms with Crippen LogP contribution in [0.3, 0.4) is 0 Å². The number of rotatable bonds is 5. The zero-order chi connectivity index (χ0) is 26.8. The van der Waals surface area contributed by atoms with Gasteiger partial charge in [-0.1, -0.05) is 54.6 Å². The second-order valence-corrected chi connectivity index (χ2v) is 8.48. The molecule has 0 saturated heterocycles. The molecule has 4 aromatic carbocycles. The molecule has 0 radical (unpaired) electrons. The van der Waals surface area contributed by atoms with E-state index in [1.807, 2.05) is 54.6 Å². The van der Waals surface area contributed by atoms with Crippen LogP contribution < -0.4 is 5.32 Å². The van der Waals surface area contributed by atoms with Gasteiger partial charge in [-0.2, -0.15) is 9.78 Å². The zero-order valence-electron chi connectivity index (χ0n) is 20.2. The van der Waals surface area contributed by atoms with Crippen LogP contribution in [0.1, 0.15) is 10.4 Å². The van der Waals surface area contributed by atoms with Crippen LogP contribution in [0.15, 0.2) is 108 Å². The minimum Gasteiger partial charge on any atom is -0.505 e. The molecule has 0 bridgehead atoms. The summed E-state index contributed by atoms with van der Waals surface area (Å²) >= 11 is 0. The summed E-state index contributed by atoms with van der Waals surface area (Å²) in [7, 11) is 0. The molecule has 0 atom stereocenters. The van der Waals surface area contributed by atoms with Gasteiger partial charge in [0.25, 0.3) is 17.5 Å². The lowest BCUT2D eigenvalue weighted by Crippen LogP contribution is -2.12. The minimum atomic E-state index is -0.499. The molecule has 0 spiro atoms. The second kappa shape index (κ2) is 9.84. The highest BCUT2D eigenvalue weighted by atomic mass is 16.3. The van der Waals surface area contributed by atoms with Gasteiger partial charge in [-0.25, -0.2) is 14.8 Å². The van der Waals surface area contributed by atoms with Crippen molar-refractivity contribution in [1.29, 1.82) is 0 Å². The highest BCUT2D eigenvalue weighted by Crippen LogP contribution is 2.39. The third kappa shape index (κ3) is 4.41. The van der Waals surface area contributed by atoms with Crippen LogP contribution in [0.25, 0.3) is 32.3 Å². The Balaban J connectivity index is 1.42. The Morgan fingerprint density at radius 3 is 2.44 bits per heavy atom. The molecule has 1 amide bonds. The van der Waals surface area contributed by atoms with Crippen LogP contribution >= 0.6 is 0 Å². The number of azo groups is 1. The number of phenolic OH excluding ortho intramolecular Hbond substituents is 1. The van der Waals surface area contributed by atoms with E-state index in [1.54, 1.807) is 24.3 Å². The third-order valence-electron chi connectivity index (χ3n) is 6.08. The van der Waals surface area contributed by atoms with Gasteiger partial charge in [-0.15, -0.1) is 10.2 Å². The molecule has 0 aliphatic rings. The first-order chi connectivity index (χ1) is 19.1. The Bertz CT molecular complexity index is 1940. The fraction of sp³-hybridized carbons (Fsp3) is 0. The fourth-order valence-electron chi connectivity index (χ4n) is 4.24. The van der Waals surface area contributed by atoms with Crippen molar-refractivity contribution in [3.8, 4) is 11.7 Å². The molecule has 2 aromatic heterocycles. The van der Waals surface area contributed by atoms with E-state index >= 15 is 0 Å². The van der Waals surface area contributed by atoms with Gasteiger partial charge >= 0.3 is 0 Å². The van der Waals surface area contributed by atoms with Crippen molar-refractivity contribution in [2.75, 3.05) is 5.32 Å². The predicted octanol–water partition coefficient (Wildman–Crippen LogP) is 6.89. The van der Waals surface area contributed by atoms with E-state index < -0.39 is 5.91 Å². The first-order valence-electron chi connectivity index (χ1n) is 11.8. The molecule has 6 rings (SSSR count). The molecule has 0 fully saturated rings. The average Bonchev–Trinajstić information content (AvgIpc) is 3.39. The van der Waals surface area contributed by atoms with E-state index in [1.165, 1.54) is 23.3 Å². The molecular formula is C29H18N8O2. The highest BCUT2D eigenvalue weighted by Gasteiger charge is 2.20. The lowest BCUT2D eigenvalue weighted by atomic mass is 10.0. The van der Waals surface area contributed by atoms with E-state index in [0.29, 0.717) is 16.5 Å². The molecule has 0 unspecified atom stereocenters. The molecule has 186 valence electrons. The Morgan fingerprint density at radius 2 is 1.64 bits per heavy atom. The van der Waals surface area contributed by atoms with Gasteiger partial charge in [0, 0.05) is 18.1 Å². The first kappa shape index (κ1) is 23.4. The maximum absolute atomic E-state index is 13.5. The lowest BCUT2D eigenvalue weighted by Gasteiger charge is -2.12. The van der Waals surface area contributed by atoms with Gasteiger partial charge in [-0.05, 0) is 45.8 Å². The van der Waals surface area contributed by atoms with E-state index in [9.17, 15) is 9.90 Å². The number of hydrogen-bond donors (Lipinski definition) is 2. The van der Waals surface area contributed by atoms with Crippen molar-refractivity contribution in [1.82, 2.24) is 19.7 Å². The number of anilines is 1. The molecule has 2 N–H and O–H groups in total. The topological polar surface area (TPSA) is 122 Å². The normalized spacial score (nSPS) is 11.2. The molecule has 10 nitrogen and oxygen atoms in total. The summed E-state index contributed by atoms with van der Waals surface area (Å²) in [6, 6.07) is 23.9. The Hall–Kier alpha value is -5.95. The largest absolute Gasteiger partial charge is 0.505 e. The van der Waals surface area contributed by atoms with Gasteiger partial charge in [0.1, 0.15) is 5.69 Å². The molecule has 6 aromatic rings. The van der Waals surface area contributed by atoms with Crippen molar-refractivity contribution < 1.29 is 9.90 Å². The predicted molar refractivity (Wildman–Crippen MR) is 147 cm³/mol. The van der Waals surface area contributed by atoms with Crippen molar-refractivity contribution in [2.45, 2.75) is 0 Å². The monoisotopic (exact) mass is 510 g/mol. The summed E-state index contributed by atoms with van der Waals surface area (Å²) < 4.78 is 1.28. The van der Waals surface area contributed by atoms with Crippen LogP contribution in [0.2, 0.25) is 0 Å². The number of nitrogens with zero attached hydrogens (tertiary/aromatic N) is 7. The smallest absolute Gasteiger partial charge is 0.260 e. The summed E-state index contributed by atoms with van der Waals surface area (Å²) in [6.45, 7) is 7.47. The van der Waals surface area contributed by atoms with Gasteiger partial charge in [0.15, 0.2) is 11.6 Å². The van der Waals surface area contributed by atoms with Crippen LogP contribution in [-0.4, -0.2) is 30.8 Å². The minimum absolute atomic E-state index is 0.0509. The zero-order valence-corrected chi connectivity index (χ0v) is 20.2. The Labute approximate surface area is 221 Å². The number of carbonyl (C=O) groups is 1. The SMILES string of the molecule is [C-]#[N+]c1cnn(-c2ncccn2)c1/N=N/c1cc2ccccc2c(C(=O)Nc2ccc3ccccc3c2)c1O. The third-order valence-corrected chi connectivity index (χ3v) is 6.08. The summed E-state index contributed by atoms with van der Waals surface area (Å²) in [5.41, 5.74) is 0.818. The number of phenols is 1. The summed E-state index contributed by atoms with van der Waals surface area (Å²) in [4.78, 5) is 25.2. The first-order valence-corrected chi connectivity index (χ1v) is 11.8. The van der Waals surface area contributed by atoms with E-state index in [2.05, 4.69) is 35.5 Å². The van der Waals surface area contributed by atoms with Crippen molar-refractivity contribution >= 4 is 50.3 Å². The number of aromatic nitrogens is 4. The quantitative estimate of drug-likeness (QED) is 0.193. The second-order valence-electron chi connectivity index (χ2n) is 8.48. The van der Waals surface area contributed by atoms with Crippen molar-refractivity contribution in [3.63, 3.8) is 0 Å². The molecule has 2 heterocycles. The number of amides is 1. The number of aromatic hydroxyl groups is 1. The van der Waals surface area contributed by atoms with E-state index in [0.717, 1.165) is 10.8 Å². The Kier molecular flexibility index (Phi) is 5.91. The molecule has 0 aliphatic heterocycles. The van der Waals surface area contributed by atoms with Crippen LogP contribution in [0, 0.1) is 6.57 Å². The Morgan fingerprint density at radius 1 is 0.897 bits per heavy atom. The maximum Gasteiger partial charge on any atom is 0.260 e. The number of fused-ring (bicyclic) bond motifs is 2. The van der Waals surface area contributed by atoms with E-state index in [4.69, 9.17) is 6.57 Å². The van der Waals surface area contributed by atoms with Gasteiger partial charge < -0.3 is 10.4 Å². The van der Waals surface area contributed by atoms with Gasteiger partial charge in [0.2, 0.25) is 0 Å². The fourth-order valence-corrected chi connectivity index (χ4v) is 4.24. The van der Waals surface area contributed by atoms with Crippen molar-refractivity contribution in [3.05, 3.63) is 114 Å². The van der Waals surface area contributed by atoms with Gasteiger partial charge in [-0.3, -0.25) is 4.79 Å². The van der Waals surface area contributed by atoms with Gasteiger partial charge in [0.05, 0.1) is 18.3 Å². The number of carbonyl (C=O) groups excluding carboxylic acids is 1. The van der Waals surface area contributed by atoms with Crippen LogP contribution in [0.5, 0.6) is 5.75 Å². The summed E-state index contributed by atoms with van der Waals surface area (Å²) in [5, 5.41) is 29.9. The number of benzene rings is 4. The summed E-state index contributed by atoms with van der Waals surface area (Å²) in [6.07, 6.45) is 4.41. The average molecular weight is 511 g/mol. The van der Waals surface area contributed by atoms with Crippen LogP contribution in [-0.2, 0) is 0 Å². The molecule has 10 heteroatoms. The molecule has 0 aliphatic carbocycles. The number of nitrogens with one attached hydrogen (secondary N) is 1. The molecular weight excluding hydrogens is 492 g/mol. The number of hydrogen-bond acceptors (Lipinski definition) is 7. The van der Waals surface area contributed by atoms with E-state index in [-0.39, 0.29) is 34.5 Å².